The predicted octanol–water partition coefficient (Wildman–Crippen LogP) is 5.87. The minimum absolute atomic E-state index is 0.0475. The molecular weight excluding hydrogens is 546 g/mol. The van der Waals surface area contributed by atoms with Crippen molar-refractivity contribution in [2.24, 2.45) is 0 Å². The number of anilines is 1. The maximum atomic E-state index is 14.1. The van der Waals surface area contributed by atoms with Crippen molar-refractivity contribution >= 4 is 39.1 Å². The number of halogens is 1. The highest BCUT2D eigenvalue weighted by molar-refractivity contribution is 7.92. The smallest absolute Gasteiger partial charge is 0.264 e. The van der Waals surface area contributed by atoms with Crippen molar-refractivity contribution < 1.29 is 18.0 Å². The lowest BCUT2D eigenvalue weighted by Crippen LogP contribution is -2.53. The standard InChI is InChI=1S/C31H38ClN3O4S/c1-6-24(5)33-31(37)29(7-2)34(20-25-13-11-12-22(3)18-25)30(36)21-35(26-17-16-23(4)28(32)19-26)40(38,39)27-14-9-8-10-15-27/h8-19,24,29H,6-7,20-21H2,1-5H3,(H,33,37)/t24-,29+/m0/s1. The molecule has 3 rings (SSSR count). The first kappa shape index (κ1) is 31.2. The van der Waals surface area contributed by atoms with Crippen LogP contribution in [0.2, 0.25) is 5.02 Å². The van der Waals surface area contributed by atoms with E-state index in [1.807, 2.05) is 58.9 Å². The van der Waals surface area contributed by atoms with Gasteiger partial charge in [0, 0.05) is 17.6 Å². The Hall–Kier alpha value is -3.36. The zero-order chi connectivity index (χ0) is 29.4. The van der Waals surface area contributed by atoms with Gasteiger partial charge in [-0.2, -0.15) is 0 Å². The largest absolute Gasteiger partial charge is 0.352 e. The van der Waals surface area contributed by atoms with Crippen LogP contribution in [-0.2, 0) is 26.2 Å². The van der Waals surface area contributed by atoms with Crippen molar-refractivity contribution in [1.82, 2.24) is 10.2 Å². The Balaban J connectivity index is 2.07. The van der Waals surface area contributed by atoms with E-state index in [1.165, 1.54) is 17.0 Å². The number of carbonyl (C=O) groups excluding carboxylic acids is 2. The number of nitrogens with zero attached hydrogens (tertiary/aromatic N) is 2. The Kier molecular flexibility index (Phi) is 10.8. The van der Waals surface area contributed by atoms with Crippen LogP contribution < -0.4 is 9.62 Å². The molecule has 0 fully saturated rings. The molecule has 0 radical (unpaired) electrons. The van der Waals surface area contributed by atoms with E-state index in [0.29, 0.717) is 11.4 Å². The average molecular weight is 584 g/mol. The molecule has 0 aliphatic carbocycles. The lowest BCUT2D eigenvalue weighted by Gasteiger charge is -2.34. The summed E-state index contributed by atoms with van der Waals surface area (Å²) in [6, 6.07) is 19.7. The van der Waals surface area contributed by atoms with Crippen LogP contribution in [0.3, 0.4) is 0 Å². The van der Waals surface area contributed by atoms with E-state index >= 15 is 0 Å². The second-order valence-electron chi connectivity index (χ2n) is 10.0. The van der Waals surface area contributed by atoms with Gasteiger partial charge < -0.3 is 10.2 Å². The monoisotopic (exact) mass is 583 g/mol. The van der Waals surface area contributed by atoms with Crippen LogP contribution in [0, 0.1) is 13.8 Å². The Morgan fingerprint density at radius 3 is 2.23 bits per heavy atom. The molecule has 9 heteroatoms. The number of hydrogen-bond donors (Lipinski definition) is 1. The number of aryl methyl sites for hydroxylation is 2. The van der Waals surface area contributed by atoms with Crippen molar-refractivity contribution in [3.05, 3.63) is 94.5 Å². The fourth-order valence-corrected chi connectivity index (χ4v) is 5.95. The highest BCUT2D eigenvalue weighted by Gasteiger charge is 2.34. The van der Waals surface area contributed by atoms with Crippen LogP contribution >= 0.6 is 11.6 Å². The molecule has 40 heavy (non-hydrogen) atoms. The maximum Gasteiger partial charge on any atom is 0.264 e. The lowest BCUT2D eigenvalue weighted by molar-refractivity contribution is -0.140. The van der Waals surface area contributed by atoms with Gasteiger partial charge in [-0.1, -0.05) is 79.5 Å². The third-order valence-electron chi connectivity index (χ3n) is 6.88. The molecule has 0 unspecified atom stereocenters. The summed E-state index contributed by atoms with van der Waals surface area (Å²) in [6.45, 7) is 9.15. The van der Waals surface area contributed by atoms with E-state index in [4.69, 9.17) is 11.6 Å². The van der Waals surface area contributed by atoms with Gasteiger partial charge in [0.15, 0.2) is 0 Å². The number of nitrogens with one attached hydrogen (secondary N) is 1. The Morgan fingerprint density at radius 2 is 1.62 bits per heavy atom. The topological polar surface area (TPSA) is 86.8 Å². The molecule has 0 aliphatic heterocycles. The van der Waals surface area contributed by atoms with Gasteiger partial charge >= 0.3 is 0 Å². The average Bonchev–Trinajstić information content (AvgIpc) is 2.93. The minimum Gasteiger partial charge on any atom is -0.352 e. The molecule has 214 valence electrons. The highest BCUT2D eigenvalue weighted by atomic mass is 35.5. The SMILES string of the molecule is CC[C@H](C(=O)N[C@@H](C)CC)N(Cc1cccc(C)c1)C(=O)CN(c1ccc(C)c(Cl)c1)S(=O)(=O)c1ccccc1. The third kappa shape index (κ3) is 7.64. The molecule has 3 aromatic rings. The van der Waals surface area contributed by atoms with Gasteiger partial charge in [0.2, 0.25) is 11.8 Å². The number of sulfonamides is 1. The van der Waals surface area contributed by atoms with Crippen molar-refractivity contribution in [3.63, 3.8) is 0 Å². The summed E-state index contributed by atoms with van der Waals surface area (Å²) in [5, 5.41) is 3.37. The molecule has 0 saturated carbocycles. The summed E-state index contributed by atoms with van der Waals surface area (Å²) in [6.07, 6.45) is 1.10. The van der Waals surface area contributed by atoms with E-state index in [-0.39, 0.29) is 29.1 Å². The Bertz CT molecular complexity index is 1430. The molecule has 0 saturated heterocycles. The van der Waals surface area contributed by atoms with E-state index in [1.54, 1.807) is 36.4 Å². The van der Waals surface area contributed by atoms with Crippen molar-refractivity contribution in [3.8, 4) is 0 Å². The van der Waals surface area contributed by atoms with Gasteiger partial charge in [-0.25, -0.2) is 8.42 Å². The fourth-order valence-electron chi connectivity index (χ4n) is 4.35. The number of amides is 2. The highest BCUT2D eigenvalue weighted by Crippen LogP contribution is 2.28. The van der Waals surface area contributed by atoms with E-state index in [9.17, 15) is 18.0 Å². The van der Waals surface area contributed by atoms with Crippen LogP contribution in [0.5, 0.6) is 0 Å². The molecule has 2 atom stereocenters. The van der Waals surface area contributed by atoms with Gasteiger partial charge in [-0.3, -0.25) is 13.9 Å². The third-order valence-corrected chi connectivity index (χ3v) is 9.07. The van der Waals surface area contributed by atoms with Gasteiger partial charge in [-0.15, -0.1) is 0 Å². The minimum atomic E-state index is -4.14. The lowest BCUT2D eigenvalue weighted by atomic mass is 10.1. The molecule has 2 amide bonds. The summed E-state index contributed by atoms with van der Waals surface area (Å²) >= 11 is 6.38. The van der Waals surface area contributed by atoms with Gasteiger partial charge in [0.25, 0.3) is 10.0 Å². The summed E-state index contributed by atoms with van der Waals surface area (Å²) < 4.78 is 28.8. The molecule has 0 heterocycles. The molecular formula is C31H38ClN3O4S. The molecule has 3 aromatic carbocycles. The van der Waals surface area contributed by atoms with Crippen molar-refractivity contribution in [2.75, 3.05) is 10.8 Å². The van der Waals surface area contributed by atoms with Gasteiger partial charge in [0.05, 0.1) is 10.6 Å². The molecule has 1 N–H and O–H groups in total. The quantitative estimate of drug-likeness (QED) is 0.289. The normalized spacial score (nSPS) is 12.8. The van der Waals surface area contributed by atoms with Crippen molar-refractivity contribution in [2.45, 2.75) is 71.0 Å². The maximum absolute atomic E-state index is 14.1. The number of hydrogen-bond acceptors (Lipinski definition) is 4. The zero-order valence-electron chi connectivity index (χ0n) is 23.7. The first-order chi connectivity index (χ1) is 19.0. The summed E-state index contributed by atoms with van der Waals surface area (Å²) in [5.41, 5.74) is 2.91. The van der Waals surface area contributed by atoms with Crippen LogP contribution in [0.15, 0.2) is 77.7 Å². The van der Waals surface area contributed by atoms with E-state index in [0.717, 1.165) is 27.4 Å². The number of carbonyl (C=O) groups is 2. The van der Waals surface area contributed by atoms with Gasteiger partial charge in [-0.05, 0) is 69.0 Å². The Labute approximate surface area is 243 Å². The zero-order valence-corrected chi connectivity index (χ0v) is 25.3. The van der Waals surface area contributed by atoms with Crippen LogP contribution in [0.25, 0.3) is 0 Å². The fraction of sp³-hybridized carbons (Fsp3) is 0.355. The van der Waals surface area contributed by atoms with Crippen molar-refractivity contribution in [1.29, 1.82) is 0 Å². The second-order valence-corrected chi connectivity index (χ2v) is 12.3. The molecule has 0 aliphatic rings. The van der Waals surface area contributed by atoms with E-state index in [2.05, 4.69) is 5.32 Å². The Morgan fingerprint density at radius 1 is 0.925 bits per heavy atom. The van der Waals surface area contributed by atoms with Crippen LogP contribution in [0.1, 0.15) is 50.3 Å². The molecule has 0 bridgehead atoms. The van der Waals surface area contributed by atoms with E-state index < -0.39 is 28.5 Å². The molecule has 0 spiro atoms. The molecule has 0 aromatic heterocycles. The van der Waals surface area contributed by atoms with Crippen LogP contribution in [0.4, 0.5) is 5.69 Å². The summed E-state index contributed by atoms with van der Waals surface area (Å²) in [5.74, 6) is -0.766. The van der Waals surface area contributed by atoms with Gasteiger partial charge in [0.1, 0.15) is 12.6 Å². The predicted molar refractivity (Wildman–Crippen MR) is 161 cm³/mol. The van der Waals surface area contributed by atoms with Crippen LogP contribution in [-0.4, -0.2) is 43.8 Å². The second kappa shape index (κ2) is 13.8. The number of rotatable bonds is 12. The number of benzene rings is 3. The summed E-state index contributed by atoms with van der Waals surface area (Å²) in [4.78, 5) is 29.0. The summed E-state index contributed by atoms with van der Waals surface area (Å²) in [7, 11) is -4.14. The first-order valence-electron chi connectivity index (χ1n) is 13.5. The first-order valence-corrected chi connectivity index (χ1v) is 15.3. The molecule has 7 nitrogen and oxygen atoms in total.